The molecule has 40 heavy (non-hydrogen) atoms. The highest BCUT2D eigenvalue weighted by Crippen LogP contribution is 2.45. The lowest BCUT2D eigenvalue weighted by atomic mass is 9.72. The number of sulfonamides is 1. The summed E-state index contributed by atoms with van der Waals surface area (Å²) in [7, 11) is -4.59. The summed E-state index contributed by atoms with van der Waals surface area (Å²) < 4.78 is 103. The maximum atomic E-state index is 14.1. The van der Waals surface area contributed by atoms with Crippen LogP contribution in [0.3, 0.4) is 0 Å². The third-order valence-electron chi connectivity index (χ3n) is 7.13. The number of aliphatic carboxylic acids is 1. The van der Waals surface area contributed by atoms with E-state index in [9.17, 15) is 35.2 Å². The largest absolute Gasteiger partial charge is 0.486 e. The Morgan fingerprint density at radius 3 is 2.48 bits per heavy atom. The van der Waals surface area contributed by atoms with Gasteiger partial charge in [-0.1, -0.05) is 23.7 Å². The van der Waals surface area contributed by atoms with Crippen LogP contribution in [0.4, 0.5) is 27.6 Å². The molecule has 0 aromatic heterocycles. The molecule has 212 valence electrons. The molecule has 0 bridgehead atoms. The summed E-state index contributed by atoms with van der Waals surface area (Å²) in [4.78, 5) is 10.6. The van der Waals surface area contributed by atoms with Crippen molar-refractivity contribution in [3.05, 3.63) is 76.8 Å². The van der Waals surface area contributed by atoms with E-state index in [2.05, 4.69) is 0 Å². The van der Waals surface area contributed by atoms with Gasteiger partial charge in [0.1, 0.15) is 23.5 Å². The molecule has 5 rings (SSSR count). The van der Waals surface area contributed by atoms with Crippen LogP contribution in [0.25, 0.3) is 11.1 Å². The molecule has 0 spiro atoms. The van der Waals surface area contributed by atoms with E-state index in [-0.39, 0.29) is 35.0 Å². The van der Waals surface area contributed by atoms with Crippen LogP contribution in [0.15, 0.2) is 59.5 Å². The van der Waals surface area contributed by atoms with Gasteiger partial charge in [0.2, 0.25) is 0 Å². The Morgan fingerprint density at radius 1 is 1.07 bits per heavy atom. The van der Waals surface area contributed by atoms with Gasteiger partial charge in [-0.25, -0.2) is 17.2 Å². The maximum Gasteiger partial charge on any atom is 0.416 e. The topological polar surface area (TPSA) is 83.9 Å². The second-order valence-electron chi connectivity index (χ2n) is 9.84. The number of hydrogen-bond acceptors (Lipinski definition) is 4. The van der Waals surface area contributed by atoms with Crippen LogP contribution in [0, 0.1) is 23.5 Å². The number of fused-ring (bicyclic) bond motifs is 1. The number of carboxylic acids is 1. The Labute approximate surface area is 231 Å². The number of carbonyl (C=O) groups is 1. The molecule has 1 saturated carbocycles. The van der Waals surface area contributed by atoms with Gasteiger partial charge >= 0.3 is 12.1 Å². The summed E-state index contributed by atoms with van der Waals surface area (Å²) in [5.41, 5.74) is -1.11. The molecule has 1 N–H and O–H groups in total. The molecule has 1 aliphatic heterocycles. The van der Waals surface area contributed by atoms with Crippen molar-refractivity contribution in [3.63, 3.8) is 0 Å². The van der Waals surface area contributed by atoms with Crippen LogP contribution < -0.4 is 9.04 Å². The monoisotopic (exact) mass is 601 g/mol. The standard InChI is InChI=1S/C27H21ClF5NO5S/c28-25-21(11-18(29)12-22(25)30)15-4-5-24-23(9-15)34(13-19(39-24)8-14-6-16(7-14)26(35)36)40(37,38)20-3-1-2-17(10-20)27(31,32)33/h1-5,9-12,14,16,19H,6-8,13H2,(H,35,36). The summed E-state index contributed by atoms with van der Waals surface area (Å²) in [6.07, 6.45) is -4.40. The molecule has 1 heterocycles. The normalized spacial score (nSPS) is 20.9. The van der Waals surface area contributed by atoms with E-state index in [1.807, 2.05) is 0 Å². The highest BCUT2D eigenvalue weighted by Gasteiger charge is 2.41. The van der Waals surface area contributed by atoms with Gasteiger partial charge in [0.25, 0.3) is 10.0 Å². The Morgan fingerprint density at radius 2 is 1.80 bits per heavy atom. The minimum absolute atomic E-state index is 0.0425. The van der Waals surface area contributed by atoms with Crippen molar-refractivity contribution in [1.29, 1.82) is 0 Å². The van der Waals surface area contributed by atoms with Crippen molar-refractivity contribution in [1.82, 2.24) is 0 Å². The number of hydrogen-bond donors (Lipinski definition) is 1. The fourth-order valence-electron chi connectivity index (χ4n) is 5.06. The molecule has 6 nitrogen and oxygen atoms in total. The lowest BCUT2D eigenvalue weighted by Crippen LogP contribution is -2.45. The predicted octanol–water partition coefficient (Wildman–Crippen LogP) is 6.76. The van der Waals surface area contributed by atoms with Crippen molar-refractivity contribution in [2.75, 3.05) is 10.8 Å². The van der Waals surface area contributed by atoms with Gasteiger partial charge in [-0.15, -0.1) is 0 Å². The maximum absolute atomic E-state index is 14.1. The molecule has 0 saturated heterocycles. The zero-order valence-electron chi connectivity index (χ0n) is 20.5. The van der Waals surface area contributed by atoms with E-state index in [0.29, 0.717) is 31.4 Å². The van der Waals surface area contributed by atoms with Crippen molar-refractivity contribution in [3.8, 4) is 16.9 Å². The highest BCUT2D eigenvalue weighted by atomic mass is 35.5. The van der Waals surface area contributed by atoms with Crippen molar-refractivity contribution < 1.29 is 45.0 Å². The smallest absolute Gasteiger partial charge is 0.416 e. The summed E-state index contributed by atoms with van der Waals surface area (Å²) in [6, 6.07) is 9.00. The minimum atomic E-state index is -4.78. The first-order valence-corrected chi connectivity index (χ1v) is 13.9. The third kappa shape index (κ3) is 5.34. The van der Waals surface area contributed by atoms with E-state index < -0.39 is 61.3 Å². The SMILES string of the molecule is O=C(O)C1CC(CC2CN(S(=O)(=O)c3cccc(C(F)(F)F)c3)c3cc(-c4cc(F)cc(F)c4Cl)ccc3O2)C1. The molecule has 0 radical (unpaired) electrons. The second-order valence-corrected chi connectivity index (χ2v) is 12.1. The summed E-state index contributed by atoms with van der Waals surface area (Å²) >= 11 is 6.05. The summed E-state index contributed by atoms with van der Waals surface area (Å²) in [5.74, 6) is -3.32. The van der Waals surface area contributed by atoms with Crippen molar-refractivity contribution in [2.24, 2.45) is 11.8 Å². The van der Waals surface area contributed by atoms with Crippen LogP contribution in [-0.2, 0) is 21.0 Å². The first-order valence-electron chi connectivity index (χ1n) is 12.1. The van der Waals surface area contributed by atoms with E-state index in [4.69, 9.17) is 21.4 Å². The average molecular weight is 602 g/mol. The Bertz CT molecular complexity index is 1590. The van der Waals surface area contributed by atoms with Gasteiger partial charge in [-0.2, -0.15) is 13.2 Å². The first-order chi connectivity index (χ1) is 18.7. The molecular formula is C27H21ClF5NO5S. The van der Waals surface area contributed by atoms with Gasteiger partial charge in [-0.3, -0.25) is 9.10 Å². The van der Waals surface area contributed by atoms with Gasteiger partial charge in [0, 0.05) is 11.6 Å². The van der Waals surface area contributed by atoms with Gasteiger partial charge in [0.15, 0.2) is 0 Å². The second kappa shape index (κ2) is 10.2. The summed E-state index contributed by atoms with van der Waals surface area (Å²) in [6.45, 7) is -0.283. The van der Waals surface area contributed by atoms with Gasteiger partial charge in [-0.05, 0) is 67.1 Å². The number of ether oxygens (including phenoxy) is 1. The van der Waals surface area contributed by atoms with E-state index in [0.717, 1.165) is 28.6 Å². The van der Waals surface area contributed by atoms with Crippen LogP contribution in [0.1, 0.15) is 24.8 Å². The molecule has 3 aromatic carbocycles. The van der Waals surface area contributed by atoms with Crippen molar-refractivity contribution >= 4 is 33.3 Å². The molecule has 1 aliphatic carbocycles. The molecule has 0 amide bonds. The molecule has 1 unspecified atom stereocenters. The fourth-order valence-corrected chi connectivity index (χ4v) is 6.82. The van der Waals surface area contributed by atoms with Crippen LogP contribution in [-0.4, -0.2) is 32.1 Å². The number of nitrogens with zero attached hydrogens (tertiary/aromatic N) is 1. The first kappa shape index (κ1) is 28.2. The Balaban J connectivity index is 1.56. The fraction of sp³-hybridized carbons (Fsp3) is 0.296. The van der Waals surface area contributed by atoms with Gasteiger partial charge in [0.05, 0.1) is 33.6 Å². The Kier molecular flexibility index (Phi) is 7.20. The number of carboxylic acid groups (broad SMARTS) is 1. The molecule has 1 atom stereocenters. The predicted molar refractivity (Wildman–Crippen MR) is 136 cm³/mol. The molecule has 1 fully saturated rings. The number of alkyl halides is 3. The van der Waals surface area contributed by atoms with Crippen LogP contribution in [0.2, 0.25) is 5.02 Å². The molecule has 3 aromatic rings. The molecular weight excluding hydrogens is 581 g/mol. The number of anilines is 1. The van der Waals surface area contributed by atoms with Crippen LogP contribution in [0.5, 0.6) is 5.75 Å². The quantitative estimate of drug-likeness (QED) is 0.249. The highest BCUT2D eigenvalue weighted by molar-refractivity contribution is 7.92. The molecule has 2 aliphatic rings. The third-order valence-corrected chi connectivity index (χ3v) is 9.29. The average Bonchev–Trinajstić information content (AvgIpc) is 2.86. The summed E-state index contributed by atoms with van der Waals surface area (Å²) in [5, 5.41) is 8.76. The zero-order valence-corrected chi connectivity index (χ0v) is 22.0. The van der Waals surface area contributed by atoms with Crippen molar-refractivity contribution in [2.45, 2.75) is 36.4 Å². The van der Waals surface area contributed by atoms with E-state index in [1.54, 1.807) is 0 Å². The number of rotatable bonds is 6. The molecule has 13 heteroatoms. The number of benzene rings is 3. The van der Waals surface area contributed by atoms with Gasteiger partial charge < -0.3 is 9.84 Å². The van der Waals surface area contributed by atoms with E-state index >= 15 is 0 Å². The lowest BCUT2D eigenvalue weighted by molar-refractivity contribution is -0.146. The Hall–Kier alpha value is -3.38. The number of halogens is 6. The minimum Gasteiger partial charge on any atom is -0.486 e. The van der Waals surface area contributed by atoms with Crippen LogP contribution >= 0.6 is 11.6 Å². The lowest BCUT2D eigenvalue weighted by Gasteiger charge is -2.40. The van der Waals surface area contributed by atoms with E-state index in [1.165, 1.54) is 18.2 Å². The zero-order chi connectivity index (χ0) is 29.0.